The van der Waals surface area contributed by atoms with Crippen molar-refractivity contribution in [3.05, 3.63) is 35.9 Å². The summed E-state index contributed by atoms with van der Waals surface area (Å²) in [6.07, 6.45) is 3.42. The van der Waals surface area contributed by atoms with Crippen LogP contribution in [0.1, 0.15) is 30.9 Å². The molecule has 3 atom stereocenters. The summed E-state index contributed by atoms with van der Waals surface area (Å²) in [5, 5.41) is 12.4. The first-order chi connectivity index (χ1) is 8.78. The van der Waals surface area contributed by atoms with Gasteiger partial charge < -0.3 is 10.4 Å². The van der Waals surface area contributed by atoms with E-state index in [9.17, 15) is 9.90 Å². The predicted octanol–water partition coefficient (Wildman–Crippen LogP) is 1.88. The minimum Gasteiger partial charge on any atom is -0.394 e. The minimum absolute atomic E-state index is 0.0463. The van der Waals surface area contributed by atoms with Crippen molar-refractivity contribution in [1.82, 2.24) is 5.32 Å². The number of rotatable bonds is 4. The van der Waals surface area contributed by atoms with Crippen LogP contribution in [-0.4, -0.2) is 17.6 Å². The second kappa shape index (κ2) is 4.73. The molecule has 0 spiro atoms. The van der Waals surface area contributed by atoms with E-state index in [4.69, 9.17) is 0 Å². The fourth-order valence-electron chi connectivity index (χ4n) is 3.14. The Bertz CT molecular complexity index is 421. The predicted molar refractivity (Wildman–Crippen MR) is 68.7 cm³/mol. The van der Waals surface area contributed by atoms with Gasteiger partial charge in [-0.2, -0.15) is 0 Å². The van der Waals surface area contributed by atoms with Crippen molar-refractivity contribution in [2.24, 2.45) is 17.8 Å². The second-order valence-electron chi connectivity index (χ2n) is 5.58. The molecular formula is C15H19NO2. The molecule has 0 aliphatic heterocycles. The summed E-state index contributed by atoms with van der Waals surface area (Å²) in [7, 11) is 0. The number of aliphatic hydroxyl groups is 1. The fourth-order valence-corrected chi connectivity index (χ4v) is 3.14. The molecule has 0 bridgehead atoms. The van der Waals surface area contributed by atoms with Gasteiger partial charge in [-0.3, -0.25) is 4.79 Å². The Morgan fingerprint density at radius 2 is 1.89 bits per heavy atom. The van der Waals surface area contributed by atoms with Crippen molar-refractivity contribution >= 4 is 5.91 Å². The van der Waals surface area contributed by atoms with E-state index in [0.29, 0.717) is 0 Å². The number of nitrogens with one attached hydrogen (secondary N) is 1. The van der Waals surface area contributed by atoms with Gasteiger partial charge in [0.1, 0.15) is 0 Å². The quantitative estimate of drug-likeness (QED) is 0.851. The highest BCUT2D eigenvalue weighted by Gasteiger charge is 2.48. The summed E-state index contributed by atoms with van der Waals surface area (Å²) in [6, 6.07) is 9.39. The van der Waals surface area contributed by atoms with Gasteiger partial charge in [0.2, 0.25) is 5.91 Å². The number of fused-ring (bicyclic) bond motifs is 1. The molecule has 2 fully saturated rings. The van der Waals surface area contributed by atoms with E-state index in [1.807, 2.05) is 30.3 Å². The molecule has 0 saturated heterocycles. The van der Waals surface area contributed by atoms with E-state index in [1.165, 1.54) is 6.42 Å². The van der Waals surface area contributed by atoms with Gasteiger partial charge in [-0.05, 0) is 36.7 Å². The highest BCUT2D eigenvalue weighted by atomic mass is 16.3. The molecule has 3 nitrogen and oxygen atoms in total. The van der Waals surface area contributed by atoms with Crippen molar-refractivity contribution < 1.29 is 9.90 Å². The molecule has 0 aromatic heterocycles. The molecule has 96 valence electrons. The molecule has 1 aromatic rings. The van der Waals surface area contributed by atoms with Gasteiger partial charge in [0.25, 0.3) is 0 Å². The van der Waals surface area contributed by atoms with E-state index in [-0.39, 0.29) is 24.5 Å². The molecule has 1 amide bonds. The van der Waals surface area contributed by atoms with Crippen molar-refractivity contribution in [3.63, 3.8) is 0 Å². The molecule has 3 heteroatoms. The molecule has 3 unspecified atom stereocenters. The summed E-state index contributed by atoms with van der Waals surface area (Å²) in [6.45, 7) is -0.0463. The Morgan fingerprint density at radius 3 is 2.50 bits per heavy atom. The number of aliphatic hydroxyl groups excluding tert-OH is 1. The van der Waals surface area contributed by atoms with E-state index >= 15 is 0 Å². The van der Waals surface area contributed by atoms with Crippen LogP contribution in [0.4, 0.5) is 0 Å². The van der Waals surface area contributed by atoms with E-state index in [0.717, 1.165) is 30.2 Å². The van der Waals surface area contributed by atoms with Crippen molar-refractivity contribution in [3.8, 4) is 0 Å². The minimum atomic E-state index is -0.268. The summed E-state index contributed by atoms with van der Waals surface area (Å²) in [4.78, 5) is 12.1. The van der Waals surface area contributed by atoms with Gasteiger partial charge in [-0.15, -0.1) is 0 Å². The monoisotopic (exact) mass is 245 g/mol. The van der Waals surface area contributed by atoms with Gasteiger partial charge >= 0.3 is 0 Å². The molecule has 2 aliphatic rings. The van der Waals surface area contributed by atoms with E-state index < -0.39 is 0 Å². The number of carbonyl (C=O) groups is 1. The molecule has 2 aliphatic carbocycles. The van der Waals surface area contributed by atoms with Gasteiger partial charge in [0.05, 0.1) is 12.6 Å². The topological polar surface area (TPSA) is 49.3 Å². The zero-order chi connectivity index (χ0) is 12.5. The van der Waals surface area contributed by atoms with Crippen LogP contribution in [0.25, 0.3) is 0 Å². The Hall–Kier alpha value is -1.35. The first-order valence-electron chi connectivity index (χ1n) is 6.74. The lowest BCUT2D eigenvalue weighted by Crippen LogP contribution is -2.35. The van der Waals surface area contributed by atoms with Crippen molar-refractivity contribution in [2.75, 3.05) is 6.61 Å². The molecule has 0 radical (unpaired) electrons. The average molecular weight is 245 g/mol. The molecule has 0 heterocycles. The summed E-state index contributed by atoms with van der Waals surface area (Å²) < 4.78 is 0. The zero-order valence-electron chi connectivity index (χ0n) is 10.4. The molecule has 3 rings (SSSR count). The lowest BCUT2D eigenvalue weighted by molar-refractivity contribution is -0.126. The van der Waals surface area contributed by atoms with E-state index in [2.05, 4.69) is 5.32 Å². The number of hydrogen-bond donors (Lipinski definition) is 2. The third-order valence-corrected chi connectivity index (χ3v) is 4.32. The molecule has 2 N–H and O–H groups in total. The second-order valence-corrected chi connectivity index (χ2v) is 5.58. The lowest BCUT2D eigenvalue weighted by Gasteiger charge is -2.20. The Balaban J connectivity index is 1.61. The maximum Gasteiger partial charge on any atom is 0.223 e. The standard InChI is InChI=1S/C15H19NO2/c17-9-14(10-4-2-1-3-5-10)16-15(18)13-7-11-6-12(11)8-13/h1-5,11-14,17H,6-9H2,(H,16,18). The normalized spacial score (nSPS) is 30.6. The van der Waals surface area contributed by atoms with Crippen LogP contribution in [0, 0.1) is 17.8 Å². The fraction of sp³-hybridized carbons (Fsp3) is 0.533. The number of benzene rings is 1. The average Bonchev–Trinajstić information content (AvgIpc) is 3.03. The van der Waals surface area contributed by atoms with Crippen LogP contribution in [-0.2, 0) is 4.79 Å². The third-order valence-electron chi connectivity index (χ3n) is 4.32. The molecule has 2 saturated carbocycles. The number of amides is 1. The first-order valence-corrected chi connectivity index (χ1v) is 6.74. The number of carbonyl (C=O) groups excluding carboxylic acids is 1. The summed E-state index contributed by atoms with van der Waals surface area (Å²) in [5.74, 6) is 1.91. The van der Waals surface area contributed by atoms with Crippen molar-refractivity contribution in [2.45, 2.75) is 25.3 Å². The van der Waals surface area contributed by atoms with Crippen LogP contribution in [0.2, 0.25) is 0 Å². The van der Waals surface area contributed by atoms with Gasteiger partial charge in [-0.25, -0.2) is 0 Å². The first kappa shape index (κ1) is 11.7. The van der Waals surface area contributed by atoms with Gasteiger partial charge in [-0.1, -0.05) is 30.3 Å². The molecule has 1 aromatic carbocycles. The van der Waals surface area contributed by atoms with Gasteiger partial charge in [0, 0.05) is 5.92 Å². The zero-order valence-corrected chi connectivity index (χ0v) is 10.4. The lowest BCUT2D eigenvalue weighted by atomic mass is 10.0. The summed E-state index contributed by atoms with van der Waals surface area (Å²) >= 11 is 0. The van der Waals surface area contributed by atoms with Crippen molar-refractivity contribution in [1.29, 1.82) is 0 Å². The van der Waals surface area contributed by atoms with Crippen LogP contribution < -0.4 is 5.32 Å². The number of hydrogen-bond acceptors (Lipinski definition) is 2. The molecular weight excluding hydrogens is 226 g/mol. The van der Waals surface area contributed by atoms with Gasteiger partial charge in [0.15, 0.2) is 0 Å². The Labute approximate surface area is 107 Å². The van der Waals surface area contributed by atoms with Crippen LogP contribution in [0.3, 0.4) is 0 Å². The van der Waals surface area contributed by atoms with Crippen LogP contribution in [0.5, 0.6) is 0 Å². The smallest absolute Gasteiger partial charge is 0.223 e. The third kappa shape index (κ3) is 2.27. The maximum absolute atomic E-state index is 12.1. The maximum atomic E-state index is 12.1. The highest BCUT2D eigenvalue weighted by Crippen LogP contribution is 2.54. The summed E-state index contributed by atoms with van der Waals surface area (Å²) in [5.41, 5.74) is 0.969. The van der Waals surface area contributed by atoms with Crippen LogP contribution in [0.15, 0.2) is 30.3 Å². The SMILES string of the molecule is O=C(NC(CO)c1ccccc1)C1CC2CC2C1. The van der Waals surface area contributed by atoms with E-state index in [1.54, 1.807) is 0 Å². The van der Waals surface area contributed by atoms with Crippen LogP contribution >= 0.6 is 0 Å². The molecule has 18 heavy (non-hydrogen) atoms. The Morgan fingerprint density at radius 1 is 1.22 bits per heavy atom. The largest absolute Gasteiger partial charge is 0.394 e. The Kier molecular flexibility index (Phi) is 3.08. The highest BCUT2D eigenvalue weighted by molar-refractivity contribution is 5.79.